The molecule has 0 aromatic rings. The van der Waals surface area contributed by atoms with Crippen molar-refractivity contribution in [2.75, 3.05) is 39.6 Å². The normalized spacial score (nSPS) is 14.4. The van der Waals surface area contributed by atoms with Crippen molar-refractivity contribution in [1.82, 2.24) is 0 Å². The third kappa shape index (κ3) is 77.6. The minimum absolute atomic E-state index is 0.0764. The molecule has 106 heavy (non-hydrogen) atoms. The van der Waals surface area contributed by atoms with E-state index in [1.165, 1.54) is 89.9 Å². The highest BCUT2D eigenvalue weighted by atomic mass is 31.2. The van der Waals surface area contributed by atoms with Gasteiger partial charge in [0.05, 0.1) is 26.4 Å². The Morgan fingerprint density at radius 1 is 0.274 bits per heavy atom. The van der Waals surface area contributed by atoms with Gasteiger partial charge in [-0.25, -0.2) is 9.13 Å². The lowest BCUT2D eigenvalue weighted by molar-refractivity contribution is -0.161. The molecule has 0 aromatic carbocycles. The van der Waals surface area contributed by atoms with Gasteiger partial charge < -0.3 is 33.8 Å². The Labute approximate surface area is 644 Å². The quantitative estimate of drug-likeness (QED) is 0.0169. The molecular weight excluding hydrogens is 1380 g/mol. The SMILES string of the molecule is CC/C=C\C/C=C\C/C=C\C/C=C\C/C=C\CCCCCC(=O)OCC(COP(=O)(O)OCC(O)COP(=O)(O)OCC(COC(=O)CCCCCCCC/C=C\C/C=C\C/C=C\C/C=C\CC)OC(=O)CCCCCCCCCCCCCCC)OC(=O)CCCCCCC/C=C\CCCCCCCC. The van der Waals surface area contributed by atoms with Crippen LogP contribution in [0, 0.1) is 0 Å². The second-order valence-corrected chi connectivity index (χ2v) is 30.6. The van der Waals surface area contributed by atoms with Gasteiger partial charge in [0, 0.05) is 25.7 Å². The van der Waals surface area contributed by atoms with E-state index in [0.29, 0.717) is 25.7 Å². The van der Waals surface area contributed by atoms with Crippen LogP contribution < -0.4 is 0 Å². The molecule has 0 rings (SSSR count). The molecule has 5 unspecified atom stereocenters. The predicted octanol–water partition coefficient (Wildman–Crippen LogP) is 24.7. The van der Waals surface area contributed by atoms with Crippen molar-refractivity contribution in [1.29, 1.82) is 0 Å². The smallest absolute Gasteiger partial charge is 0.462 e. The summed E-state index contributed by atoms with van der Waals surface area (Å²) in [6.07, 6.45) is 87.3. The van der Waals surface area contributed by atoms with E-state index in [0.717, 1.165) is 180 Å². The van der Waals surface area contributed by atoms with Gasteiger partial charge in [0.2, 0.25) is 0 Å². The molecular formula is C87H150O17P2. The highest BCUT2D eigenvalue weighted by molar-refractivity contribution is 7.47. The zero-order valence-electron chi connectivity index (χ0n) is 66.8. The van der Waals surface area contributed by atoms with Gasteiger partial charge in [-0.3, -0.25) is 37.3 Å². The van der Waals surface area contributed by atoms with Crippen LogP contribution in [-0.2, 0) is 65.4 Å². The Morgan fingerprint density at radius 3 is 0.774 bits per heavy atom. The number of esters is 4. The number of allylic oxidation sites excluding steroid dienone is 20. The zero-order chi connectivity index (χ0) is 77.4. The van der Waals surface area contributed by atoms with Gasteiger partial charge >= 0.3 is 39.5 Å². The topological polar surface area (TPSA) is 237 Å². The number of hydrogen-bond acceptors (Lipinski definition) is 15. The summed E-state index contributed by atoms with van der Waals surface area (Å²) in [7, 11) is -9.97. The average molecular weight is 1530 g/mol. The third-order valence-corrected chi connectivity index (χ3v) is 19.3. The maximum Gasteiger partial charge on any atom is 0.472 e. The maximum atomic E-state index is 13.1. The summed E-state index contributed by atoms with van der Waals surface area (Å²) in [6, 6.07) is 0. The minimum Gasteiger partial charge on any atom is -0.462 e. The van der Waals surface area contributed by atoms with Crippen molar-refractivity contribution in [2.45, 2.75) is 367 Å². The number of unbranched alkanes of at least 4 members (excludes halogenated alkanes) is 32. The van der Waals surface area contributed by atoms with Gasteiger partial charge in [0.1, 0.15) is 19.3 Å². The van der Waals surface area contributed by atoms with Crippen LogP contribution in [0.1, 0.15) is 349 Å². The molecule has 0 amide bonds. The number of aliphatic hydroxyl groups excluding tert-OH is 1. The van der Waals surface area contributed by atoms with Gasteiger partial charge in [-0.05, 0) is 135 Å². The van der Waals surface area contributed by atoms with Crippen LogP contribution in [0.5, 0.6) is 0 Å². The molecule has 0 heterocycles. The predicted molar refractivity (Wildman–Crippen MR) is 436 cm³/mol. The van der Waals surface area contributed by atoms with Gasteiger partial charge in [-0.1, -0.05) is 310 Å². The minimum atomic E-state index is -4.99. The fraction of sp³-hybridized carbons (Fsp3) is 0.724. The lowest BCUT2D eigenvalue weighted by Crippen LogP contribution is -2.30. The largest absolute Gasteiger partial charge is 0.472 e. The molecule has 0 fully saturated rings. The van der Waals surface area contributed by atoms with E-state index in [1.54, 1.807) is 0 Å². The Kier molecular flexibility index (Phi) is 75.2. The highest BCUT2D eigenvalue weighted by Gasteiger charge is 2.30. The first-order chi connectivity index (χ1) is 51.7. The van der Waals surface area contributed by atoms with E-state index in [4.69, 9.17) is 37.0 Å². The molecule has 3 N–H and O–H groups in total. The van der Waals surface area contributed by atoms with Crippen molar-refractivity contribution in [2.24, 2.45) is 0 Å². The summed E-state index contributed by atoms with van der Waals surface area (Å²) in [5.74, 6) is -2.22. The fourth-order valence-electron chi connectivity index (χ4n) is 11.1. The molecule has 0 aromatic heterocycles. The van der Waals surface area contributed by atoms with Crippen LogP contribution in [0.15, 0.2) is 122 Å². The summed E-state index contributed by atoms with van der Waals surface area (Å²) in [4.78, 5) is 73.1. The molecule has 17 nitrogen and oxygen atoms in total. The van der Waals surface area contributed by atoms with E-state index in [-0.39, 0.29) is 25.7 Å². The first kappa shape index (κ1) is 101. The van der Waals surface area contributed by atoms with Crippen molar-refractivity contribution >= 4 is 39.5 Å². The summed E-state index contributed by atoms with van der Waals surface area (Å²) in [5, 5.41) is 10.7. The van der Waals surface area contributed by atoms with Crippen LogP contribution in [0.25, 0.3) is 0 Å². The van der Waals surface area contributed by atoms with E-state index in [9.17, 15) is 43.2 Å². The first-order valence-electron chi connectivity index (χ1n) is 41.8. The van der Waals surface area contributed by atoms with Gasteiger partial charge in [-0.15, -0.1) is 0 Å². The number of hydrogen-bond donors (Lipinski definition) is 3. The molecule has 0 aliphatic carbocycles. The summed E-state index contributed by atoms with van der Waals surface area (Å²) in [5.41, 5.74) is 0. The lowest BCUT2D eigenvalue weighted by Gasteiger charge is -2.21. The first-order valence-corrected chi connectivity index (χ1v) is 44.8. The monoisotopic (exact) mass is 1530 g/mol. The van der Waals surface area contributed by atoms with Crippen molar-refractivity contribution in [3.05, 3.63) is 122 Å². The Morgan fingerprint density at radius 2 is 0.491 bits per heavy atom. The molecule has 0 aliphatic heterocycles. The number of ether oxygens (including phenoxy) is 4. The fourth-order valence-corrected chi connectivity index (χ4v) is 12.7. The third-order valence-electron chi connectivity index (χ3n) is 17.4. The van der Waals surface area contributed by atoms with Gasteiger partial charge in [0.15, 0.2) is 12.2 Å². The maximum absolute atomic E-state index is 13.1. The molecule has 0 radical (unpaired) electrons. The molecule has 5 atom stereocenters. The Hall–Kier alpha value is -4.54. The molecule has 0 saturated carbocycles. The van der Waals surface area contributed by atoms with Gasteiger partial charge in [-0.2, -0.15) is 0 Å². The van der Waals surface area contributed by atoms with Crippen LogP contribution >= 0.6 is 15.6 Å². The van der Waals surface area contributed by atoms with E-state index in [2.05, 4.69) is 149 Å². The van der Waals surface area contributed by atoms with Crippen LogP contribution in [0.2, 0.25) is 0 Å². The number of rotatable bonds is 78. The number of aliphatic hydroxyl groups is 1. The number of phosphoric acid groups is 2. The number of phosphoric ester groups is 2. The molecule has 0 spiro atoms. The summed E-state index contributed by atoms with van der Waals surface area (Å²) < 4.78 is 68.7. The van der Waals surface area contributed by atoms with E-state index < -0.39 is 97.5 Å². The van der Waals surface area contributed by atoms with Crippen LogP contribution in [0.4, 0.5) is 0 Å². The molecule has 0 aliphatic rings. The summed E-state index contributed by atoms with van der Waals surface area (Å²) in [6.45, 7) is 4.63. The second kappa shape index (κ2) is 78.6. The summed E-state index contributed by atoms with van der Waals surface area (Å²) >= 11 is 0. The number of carbonyl (C=O) groups is 4. The molecule has 0 saturated heterocycles. The lowest BCUT2D eigenvalue weighted by atomic mass is 10.0. The highest BCUT2D eigenvalue weighted by Crippen LogP contribution is 2.45. The van der Waals surface area contributed by atoms with Crippen LogP contribution in [-0.4, -0.2) is 96.7 Å². The molecule has 19 heteroatoms. The van der Waals surface area contributed by atoms with Crippen molar-refractivity contribution in [3.8, 4) is 0 Å². The van der Waals surface area contributed by atoms with E-state index >= 15 is 0 Å². The zero-order valence-corrected chi connectivity index (χ0v) is 68.6. The standard InChI is InChI=1S/C87H150O17P2/c1-5-9-13-17-21-25-29-33-36-38-40-42-45-48-51-55-59-63-67-71-84(89)97-77-82(103-86(91)73-69-65-61-57-53-47-32-28-24-20-16-12-8-4)79-101-105(93,94)99-75-81(88)76-100-106(95,96)102-80-83(104-87(92)74-70-66-62-58-54-50-44-35-31-27-23-19-15-11-7-3)78-98-85(90)72-68-64-60-56-52-49-46-43-41-39-37-34-30-26-22-18-14-10-6-2/h9-10,13-14,21-22,25-26,33-37,40-44,49,52,81-83,88H,5-8,11-12,15-20,23-24,27-32,38-39,45-48,50-51,53-80H2,1-4H3,(H,93,94)(H,95,96)/b13-9-,14-10-,25-21-,26-22-,36-33-,37-34-,42-40-,43-41-,44-35-,52-49-. The molecule has 610 valence electrons. The molecule has 0 bridgehead atoms. The average Bonchev–Trinajstić information content (AvgIpc) is 0.933. The van der Waals surface area contributed by atoms with Crippen molar-refractivity contribution in [3.63, 3.8) is 0 Å². The van der Waals surface area contributed by atoms with Crippen molar-refractivity contribution < 1.29 is 80.2 Å². The van der Waals surface area contributed by atoms with Gasteiger partial charge in [0.25, 0.3) is 0 Å². The number of carbonyl (C=O) groups excluding carboxylic acids is 4. The van der Waals surface area contributed by atoms with E-state index in [1.807, 2.05) is 0 Å². The van der Waals surface area contributed by atoms with Crippen LogP contribution in [0.3, 0.4) is 0 Å². The second-order valence-electron chi connectivity index (χ2n) is 27.7. The Bertz CT molecular complexity index is 2480. The Balaban J connectivity index is 5.38.